The molecule has 3 saturated carbocycles. The second-order valence-electron chi connectivity index (χ2n) is 12.4. The summed E-state index contributed by atoms with van der Waals surface area (Å²) in [6.45, 7) is 4.59. The van der Waals surface area contributed by atoms with Gasteiger partial charge in [-0.25, -0.2) is 0 Å². The number of fused-ring (bicyclic) bond motifs is 2. The van der Waals surface area contributed by atoms with Crippen LogP contribution in [0.5, 0.6) is 0 Å². The van der Waals surface area contributed by atoms with Crippen molar-refractivity contribution in [3.63, 3.8) is 0 Å². The van der Waals surface area contributed by atoms with Crippen molar-refractivity contribution < 1.29 is 19.2 Å². The molecule has 0 aromatic carbocycles. The van der Waals surface area contributed by atoms with E-state index in [-0.39, 0.29) is 46.4 Å². The summed E-state index contributed by atoms with van der Waals surface area (Å²) in [5.74, 6) is -2.48. The number of allylic oxidation sites excluding steroid dienone is 2. The van der Waals surface area contributed by atoms with E-state index in [1.165, 1.54) is 31.2 Å². The summed E-state index contributed by atoms with van der Waals surface area (Å²) in [7, 11) is 1.54. The Kier molecular flexibility index (Phi) is 4.58. The van der Waals surface area contributed by atoms with E-state index in [2.05, 4.69) is 13.8 Å². The maximum absolute atomic E-state index is 14.1. The van der Waals surface area contributed by atoms with Crippen molar-refractivity contribution in [1.82, 2.24) is 9.80 Å². The van der Waals surface area contributed by atoms with Crippen molar-refractivity contribution in [2.75, 3.05) is 7.05 Å². The minimum Gasteiger partial charge on any atom is -0.285 e. The quantitative estimate of drug-likeness (QED) is 0.483. The molecule has 9 atom stereocenters. The summed E-state index contributed by atoms with van der Waals surface area (Å²) in [5, 5.41) is 0. The number of nitrogens with zero attached hydrogens (tertiary/aromatic N) is 2. The molecule has 2 aliphatic heterocycles. The molecule has 178 valence electrons. The van der Waals surface area contributed by atoms with Gasteiger partial charge < -0.3 is 0 Å². The van der Waals surface area contributed by atoms with Crippen LogP contribution in [0.25, 0.3) is 0 Å². The fourth-order valence-corrected chi connectivity index (χ4v) is 9.28. The number of amides is 4. The first kappa shape index (κ1) is 21.5. The summed E-state index contributed by atoms with van der Waals surface area (Å²) >= 11 is 0. The molecule has 9 unspecified atom stereocenters. The Balaban J connectivity index is 1.37. The number of hydrogen-bond acceptors (Lipinski definition) is 4. The second kappa shape index (κ2) is 7.02. The molecule has 0 aromatic rings. The molecule has 0 radical (unpaired) electrons. The molecule has 5 fully saturated rings. The number of rotatable bonds is 4. The van der Waals surface area contributed by atoms with Gasteiger partial charge in [0.15, 0.2) is 0 Å². The van der Waals surface area contributed by atoms with Crippen LogP contribution in [-0.2, 0) is 19.2 Å². The third kappa shape index (κ3) is 2.72. The van der Waals surface area contributed by atoms with Crippen LogP contribution in [0, 0.1) is 46.8 Å². The molecule has 0 spiro atoms. The lowest BCUT2D eigenvalue weighted by Crippen LogP contribution is -2.59. The standard InChI is InChI=1S/C27H36N2O4/c1-4-5-10-26(2)12-15-7-6-11-27(13-15,14-26)29-24(32)20-16-8-9-17(21(20)25(29)33)19-18(16)22(30)28(3)23(19)31/h8-9,15-21H,4-7,10-14H2,1-3H3. The van der Waals surface area contributed by atoms with Crippen molar-refractivity contribution in [3.05, 3.63) is 12.2 Å². The third-order valence-corrected chi connectivity index (χ3v) is 10.3. The van der Waals surface area contributed by atoms with Crippen LogP contribution >= 0.6 is 0 Å². The summed E-state index contributed by atoms with van der Waals surface area (Å²) in [6, 6.07) is 0. The highest BCUT2D eigenvalue weighted by molar-refractivity contribution is 6.11. The number of hydrogen-bond donors (Lipinski definition) is 0. The van der Waals surface area contributed by atoms with Crippen molar-refractivity contribution in [2.24, 2.45) is 46.8 Å². The Bertz CT molecular complexity index is 923. The van der Waals surface area contributed by atoms with E-state index < -0.39 is 23.7 Å². The lowest BCUT2D eigenvalue weighted by atomic mass is 9.54. The molecule has 7 aliphatic rings. The maximum atomic E-state index is 14.1. The smallest absolute Gasteiger partial charge is 0.234 e. The van der Waals surface area contributed by atoms with E-state index in [0.717, 1.165) is 38.5 Å². The lowest BCUT2D eigenvalue weighted by Gasteiger charge is -2.56. The summed E-state index contributed by atoms with van der Waals surface area (Å²) in [5.41, 5.74) is -0.218. The summed E-state index contributed by atoms with van der Waals surface area (Å²) in [4.78, 5) is 56.9. The molecule has 6 nitrogen and oxygen atoms in total. The molecule has 4 bridgehead atoms. The number of carbonyl (C=O) groups excluding carboxylic acids is 4. The Morgan fingerprint density at radius 2 is 1.48 bits per heavy atom. The van der Waals surface area contributed by atoms with Crippen LogP contribution in [0.2, 0.25) is 0 Å². The van der Waals surface area contributed by atoms with Crippen molar-refractivity contribution in [1.29, 1.82) is 0 Å². The van der Waals surface area contributed by atoms with Gasteiger partial charge in [-0.05, 0) is 43.4 Å². The van der Waals surface area contributed by atoms with Crippen LogP contribution in [0.3, 0.4) is 0 Å². The number of carbonyl (C=O) groups is 4. The van der Waals surface area contributed by atoms with Crippen LogP contribution in [0.4, 0.5) is 0 Å². The van der Waals surface area contributed by atoms with Crippen LogP contribution in [-0.4, -0.2) is 46.0 Å². The van der Waals surface area contributed by atoms with E-state index >= 15 is 0 Å². The average molecular weight is 453 g/mol. The average Bonchev–Trinajstić information content (AvgIpc) is 3.20. The monoisotopic (exact) mass is 452 g/mol. The zero-order chi connectivity index (χ0) is 23.3. The minimum absolute atomic E-state index is 0.0574. The largest absolute Gasteiger partial charge is 0.285 e. The van der Waals surface area contributed by atoms with E-state index in [9.17, 15) is 19.2 Å². The van der Waals surface area contributed by atoms with Crippen molar-refractivity contribution in [3.8, 4) is 0 Å². The molecule has 5 aliphatic carbocycles. The van der Waals surface area contributed by atoms with Gasteiger partial charge in [-0.2, -0.15) is 0 Å². The van der Waals surface area contributed by atoms with Crippen molar-refractivity contribution >= 4 is 23.6 Å². The number of likely N-dealkylation sites (tertiary alicyclic amines) is 2. The molecule has 2 saturated heterocycles. The predicted octanol–water partition coefficient (Wildman–Crippen LogP) is 3.55. The SMILES string of the molecule is CCCCC1(C)CC2CCCC(N3C(=O)C4C5C=CC(C6C(=O)N(C)C(=O)C56)C4C3=O)(C2)C1. The zero-order valence-corrected chi connectivity index (χ0v) is 20.1. The second-order valence-corrected chi connectivity index (χ2v) is 12.4. The highest BCUT2D eigenvalue weighted by Crippen LogP contribution is 2.62. The topological polar surface area (TPSA) is 74.8 Å². The molecule has 0 N–H and O–H groups in total. The Morgan fingerprint density at radius 3 is 2.06 bits per heavy atom. The Hall–Kier alpha value is -1.98. The number of imide groups is 2. The van der Waals surface area contributed by atoms with Crippen molar-refractivity contribution in [2.45, 2.75) is 77.2 Å². The first-order chi connectivity index (χ1) is 15.7. The molecule has 0 aromatic heterocycles. The van der Waals surface area contributed by atoms with Gasteiger partial charge >= 0.3 is 0 Å². The van der Waals surface area contributed by atoms with Gasteiger partial charge in [0.1, 0.15) is 0 Å². The lowest BCUT2D eigenvalue weighted by molar-refractivity contribution is -0.155. The highest BCUT2D eigenvalue weighted by atomic mass is 16.2. The van der Waals surface area contributed by atoms with Gasteiger partial charge in [0.2, 0.25) is 23.6 Å². The molecule has 7 rings (SSSR count). The van der Waals surface area contributed by atoms with E-state index in [1.54, 1.807) is 4.90 Å². The fourth-order valence-electron chi connectivity index (χ4n) is 9.28. The highest BCUT2D eigenvalue weighted by Gasteiger charge is 2.70. The molecular formula is C27H36N2O4. The third-order valence-electron chi connectivity index (χ3n) is 10.3. The molecular weight excluding hydrogens is 416 g/mol. The summed E-state index contributed by atoms with van der Waals surface area (Å²) < 4.78 is 0. The minimum atomic E-state index is -0.478. The van der Waals surface area contributed by atoms with Crippen LogP contribution in [0.1, 0.15) is 71.6 Å². The zero-order valence-electron chi connectivity index (χ0n) is 20.1. The van der Waals surface area contributed by atoms with Gasteiger partial charge in [-0.1, -0.05) is 51.7 Å². The van der Waals surface area contributed by atoms with E-state index in [0.29, 0.717) is 5.92 Å². The molecule has 4 amide bonds. The maximum Gasteiger partial charge on any atom is 0.234 e. The van der Waals surface area contributed by atoms with Gasteiger partial charge in [-0.15, -0.1) is 0 Å². The van der Waals surface area contributed by atoms with Crippen LogP contribution < -0.4 is 0 Å². The summed E-state index contributed by atoms with van der Waals surface area (Å²) in [6.07, 6.45) is 13.6. The van der Waals surface area contributed by atoms with Gasteiger partial charge in [0, 0.05) is 18.9 Å². The van der Waals surface area contributed by atoms with Gasteiger partial charge in [-0.3, -0.25) is 29.0 Å². The molecule has 33 heavy (non-hydrogen) atoms. The first-order valence-corrected chi connectivity index (χ1v) is 13.1. The molecule has 2 heterocycles. The fraction of sp³-hybridized carbons (Fsp3) is 0.778. The molecule has 6 heteroatoms. The van der Waals surface area contributed by atoms with Gasteiger partial charge in [0.25, 0.3) is 0 Å². The van der Waals surface area contributed by atoms with Gasteiger partial charge in [0.05, 0.1) is 29.2 Å². The van der Waals surface area contributed by atoms with E-state index in [4.69, 9.17) is 0 Å². The van der Waals surface area contributed by atoms with Crippen LogP contribution in [0.15, 0.2) is 12.2 Å². The number of unbranched alkanes of at least 4 members (excludes halogenated alkanes) is 1. The predicted molar refractivity (Wildman–Crippen MR) is 121 cm³/mol. The first-order valence-electron chi connectivity index (χ1n) is 13.1. The normalized spacial score (nSPS) is 48.0. The van der Waals surface area contributed by atoms with E-state index in [1.807, 2.05) is 12.2 Å². The Labute approximate surface area is 196 Å². The Morgan fingerprint density at radius 1 is 0.909 bits per heavy atom.